The normalized spacial score (nSPS) is 17.5. The van der Waals surface area contributed by atoms with Crippen LogP contribution in [0, 0.1) is 0 Å². The van der Waals surface area contributed by atoms with Crippen LogP contribution < -0.4 is 5.32 Å². The average Bonchev–Trinajstić information content (AvgIpc) is 3.01. The van der Waals surface area contributed by atoms with Gasteiger partial charge < -0.3 is 5.32 Å². The molecule has 1 atom stereocenters. The molecule has 0 spiro atoms. The van der Waals surface area contributed by atoms with Crippen molar-refractivity contribution in [3.63, 3.8) is 0 Å². The van der Waals surface area contributed by atoms with Gasteiger partial charge in [-0.3, -0.25) is 4.79 Å². The van der Waals surface area contributed by atoms with Gasteiger partial charge in [-0.15, -0.1) is 0 Å². The Morgan fingerprint density at radius 1 is 1.41 bits per heavy atom. The van der Waals surface area contributed by atoms with E-state index in [0.29, 0.717) is 6.54 Å². The maximum absolute atomic E-state index is 12.3. The number of nitrogens with zero attached hydrogens (tertiary/aromatic N) is 3. The average molecular weight is 363 g/mol. The van der Waals surface area contributed by atoms with E-state index >= 15 is 0 Å². The number of rotatable bonds is 5. The number of benzene rings is 1. The zero-order valence-electron chi connectivity index (χ0n) is 12.5. The fourth-order valence-electron chi connectivity index (χ4n) is 2.92. The van der Waals surface area contributed by atoms with Crippen LogP contribution in [-0.2, 0) is 10.2 Å². The van der Waals surface area contributed by atoms with Crippen LogP contribution in [0.3, 0.4) is 0 Å². The highest BCUT2D eigenvalue weighted by Crippen LogP contribution is 2.43. The maximum atomic E-state index is 12.3. The lowest BCUT2D eigenvalue weighted by molar-refractivity contribution is -0.124. The zero-order chi connectivity index (χ0) is 15.6. The molecular weight excluding hydrogens is 344 g/mol. The van der Waals surface area contributed by atoms with Crippen molar-refractivity contribution in [2.45, 2.75) is 37.6 Å². The first-order chi connectivity index (χ1) is 10.6. The molecule has 0 radical (unpaired) electrons. The molecule has 1 aromatic heterocycles. The Morgan fingerprint density at radius 2 is 2.14 bits per heavy atom. The monoisotopic (exact) mass is 362 g/mol. The lowest BCUT2D eigenvalue weighted by atomic mass is 9.64. The number of halogens is 1. The second-order valence-electron chi connectivity index (χ2n) is 5.91. The van der Waals surface area contributed by atoms with Crippen LogP contribution in [0.4, 0.5) is 0 Å². The summed E-state index contributed by atoms with van der Waals surface area (Å²) in [7, 11) is 0. The number of carbonyl (C=O) groups is 1. The maximum Gasteiger partial charge on any atom is 0.244 e. The molecule has 0 aliphatic heterocycles. The zero-order valence-corrected chi connectivity index (χ0v) is 14.1. The lowest BCUT2D eigenvalue weighted by Crippen LogP contribution is -2.46. The Morgan fingerprint density at radius 3 is 2.68 bits per heavy atom. The quantitative estimate of drug-likeness (QED) is 0.889. The summed E-state index contributed by atoms with van der Waals surface area (Å²) in [6, 6.07) is 8.08. The molecule has 1 aliphatic carbocycles. The topological polar surface area (TPSA) is 59.8 Å². The smallest absolute Gasteiger partial charge is 0.244 e. The number of hydrogen-bond acceptors (Lipinski definition) is 3. The van der Waals surface area contributed by atoms with Gasteiger partial charge in [0, 0.05) is 16.4 Å². The molecule has 1 N–H and O–H groups in total. The molecule has 1 amide bonds. The Hall–Kier alpha value is -1.69. The third-order valence-electron chi connectivity index (χ3n) is 4.58. The molecule has 0 saturated heterocycles. The van der Waals surface area contributed by atoms with E-state index in [-0.39, 0.29) is 17.4 Å². The minimum Gasteiger partial charge on any atom is -0.353 e. The summed E-state index contributed by atoms with van der Waals surface area (Å²) in [6.45, 7) is 2.50. The van der Waals surface area contributed by atoms with Gasteiger partial charge in [0.05, 0.1) is 0 Å². The Bertz CT molecular complexity index is 635. The molecule has 116 valence electrons. The summed E-state index contributed by atoms with van der Waals surface area (Å²) in [5, 5.41) is 7.11. The molecule has 1 saturated carbocycles. The minimum atomic E-state index is -0.343. The second-order valence-corrected chi connectivity index (χ2v) is 6.83. The van der Waals surface area contributed by atoms with Crippen LogP contribution in [0.2, 0.25) is 0 Å². The molecule has 0 bridgehead atoms. The molecular formula is C16H19BrN4O. The number of carbonyl (C=O) groups excluding carboxylic acids is 1. The van der Waals surface area contributed by atoms with Gasteiger partial charge in [0.2, 0.25) is 5.91 Å². The van der Waals surface area contributed by atoms with E-state index in [9.17, 15) is 4.79 Å². The summed E-state index contributed by atoms with van der Waals surface area (Å²) in [5.41, 5.74) is 1.38. The highest BCUT2D eigenvalue weighted by Gasteiger charge is 2.39. The van der Waals surface area contributed by atoms with Gasteiger partial charge in [0.1, 0.15) is 18.7 Å². The van der Waals surface area contributed by atoms with E-state index in [1.165, 1.54) is 18.3 Å². The summed E-state index contributed by atoms with van der Waals surface area (Å²) >= 11 is 3.47. The largest absolute Gasteiger partial charge is 0.353 e. The molecule has 1 heterocycles. The van der Waals surface area contributed by atoms with E-state index in [1.54, 1.807) is 11.0 Å². The molecule has 1 fully saturated rings. The van der Waals surface area contributed by atoms with Crippen molar-refractivity contribution in [2.24, 2.45) is 0 Å². The first-order valence-electron chi connectivity index (χ1n) is 7.49. The van der Waals surface area contributed by atoms with Crippen molar-refractivity contribution in [3.05, 3.63) is 47.0 Å². The van der Waals surface area contributed by atoms with Crippen molar-refractivity contribution in [3.8, 4) is 0 Å². The third-order valence-corrected chi connectivity index (χ3v) is 5.11. The minimum absolute atomic E-state index is 0.0195. The third kappa shape index (κ3) is 2.92. The molecule has 3 rings (SSSR count). The van der Waals surface area contributed by atoms with Gasteiger partial charge in [0.25, 0.3) is 0 Å². The molecule has 1 aliphatic rings. The van der Waals surface area contributed by atoms with Gasteiger partial charge in [-0.1, -0.05) is 34.5 Å². The standard InChI is InChI=1S/C16H19BrN4O/c1-12(21-11-18-10-20-21)15(22)19-9-16(7-2-8-16)13-3-5-14(17)6-4-13/h3-6,10-12H,2,7-9H2,1H3,(H,19,22)/t12-/m0/s1. The van der Waals surface area contributed by atoms with E-state index in [2.05, 4.69) is 55.6 Å². The van der Waals surface area contributed by atoms with Crippen LogP contribution >= 0.6 is 15.9 Å². The fourth-order valence-corrected chi connectivity index (χ4v) is 3.18. The summed E-state index contributed by atoms with van der Waals surface area (Å²) < 4.78 is 2.65. The van der Waals surface area contributed by atoms with Crippen molar-refractivity contribution < 1.29 is 4.79 Å². The Labute approximate surface area is 138 Å². The number of nitrogens with one attached hydrogen (secondary N) is 1. The first kappa shape index (κ1) is 15.2. The SMILES string of the molecule is C[C@@H](C(=O)NCC1(c2ccc(Br)cc2)CCC1)n1cncn1. The number of amides is 1. The van der Waals surface area contributed by atoms with Crippen molar-refractivity contribution in [1.29, 1.82) is 0 Å². The summed E-state index contributed by atoms with van der Waals surface area (Å²) in [4.78, 5) is 16.2. The number of hydrogen-bond donors (Lipinski definition) is 1. The van der Waals surface area contributed by atoms with Crippen molar-refractivity contribution in [2.75, 3.05) is 6.54 Å². The van der Waals surface area contributed by atoms with Gasteiger partial charge in [-0.25, -0.2) is 9.67 Å². The first-order valence-corrected chi connectivity index (χ1v) is 8.28. The van der Waals surface area contributed by atoms with Gasteiger partial charge in [-0.2, -0.15) is 5.10 Å². The molecule has 22 heavy (non-hydrogen) atoms. The second kappa shape index (κ2) is 6.20. The Balaban J connectivity index is 1.66. The van der Waals surface area contributed by atoms with Crippen LogP contribution in [-0.4, -0.2) is 27.2 Å². The van der Waals surface area contributed by atoms with Crippen LogP contribution in [0.25, 0.3) is 0 Å². The molecule has 2 aromatic rings. The number of aromatic nitrogens is 3. The summed E-state index contributed by atoms with van der Waals surface area (Å²) in [5.74, 6) is -0.0195. The highest BCUT2D eigenvalue weighted by molar-refractivity contribution is 9.10. The van der Waals surface area contributed by atoms with E-state index in [1.807, 2.05) is 6.92 Å². The molecule has 5 nitrogen and oxygen atoms in total. The Kier molecular flexibility index (Phi) is 4.29. The lowest BCUT2D eigenvalue weighted by Gasteiger charge is -2.42. The molecule has 0 unspecified atom stereocenters. The molecule has 6 heteroatoms. The van der Waals surface area contributed by atoms with Crippen LogP contribution in [0.1, 0.15) is 37.8 Å². The van der Waals surface area contributed by atoms with Crippen molar-refractivity contribution in [1.82, 2.24) is 20.1 Å². The van der Waals surface area contributed by atoms with Crippen LogP contribution in [0.5, 0.6) is 0 Å². The molecule has 1 aromatic carbocycles. The van der Waals surface area contributed by atoms with E-state index in [4.69, 9.17) is 0 Å². The predicted molar refractivity (Wildman–Crippen MR) is 87.4 cm³/mol. The van der Waals surface area contributed by atoms with Gasteiger partial charge in [-0.05, 0) is 37.5 Å². The van der Waals surface area contributed by atoms with Crippen molar-refractivity contribution >= 4 is 21.8 Å². The summed E-state index contributed by atoms with van der Waals surface area (Å²) in [6.07, 6.45) is 6.46. The highest BCUT2D eigenvalue weighted by atomic mass is 79.9. The van der Waals surface area contributed by atoms with Gasteiger partial charge in [0.15, 0.2) is 0 Å². The van der Waals surface area contributed by atoms with Crippen LogP contribution in [0.15, 0.2) is 41.4 Å². The van der Waals surface area contributed by atoms with E-state index in [0.717, 1.165) is 17.3 Å². The predicted octanol–water partition coefficient (Wildman–Crippen LogP) is 2.84. The van der Waals surface area contributed by atoms with E-state index < -0.39 is 0 Å². The van der Waals surface area contributed by atoms with Gasteiger partial charge >= 0.3 is 0 Å². The fraction of sp³-hybridized carbons (Fsp3) is 0.438.